The molecule has 6 nitrogen and oxygen atoms in total. The summed E-state index contributed by atoms with van der Waals surface area (Å²) in [6.07, 6.45) is 1.54. The molecule has 0 atom stereocenters. The first-order valence-corrected chi connectivity index (χ1v) is 11.3. The Hall–Kier alpha value is -3.93. The lowest BCUT2D eigenvalue weighted by atomic mass is 10.1. The number of imidazole rings is 1. The molecule has 0 aliphatic carbocycles. The van der Waals surface area contributed by atoms with Crippen LogP contribution in [-0.4, -0.2) is 32.8 Å². The molecule has 33 heavy (non-hydrogen) atoms. The van der Waals surface area contributed by atoms with Crippen LogP contribution in [0.1, 0.15) is 40.2 Å². The van der Waals surface area contributed by atoms with Crippen LogP contribution in [0, 0.1) is 6.92 Å². The van der Waals surface area contributed by atoms with Crippen LogP contribution in [0.4, 0.5) is 0 Å². The fourth-order valence-corrected chi connectivity index (χ4v) is 4.48. The van der Waals surface area contributed by atoms with Gasteiger partial charge >= 0.3 is 0 Å². The van der Waals surface area contributed by atoms with Crippen LogP contribution in [0.2, 0.25) is 0 Å². The minimum absolute atomic E-state index is 0.143. The normalized spacial score (nSPS) is 13.6. The van der Waals surface area contributed by atoms with E-state index in [2.05, 4.69) is 14.9 Å². The lowest BCUT2D eigenvalue weighted by Gasteiger charge is -2.18. The van der Waals surface area contributed by atoms with Crippen LogP contribution in [0.3, 0.4) is 0 Å². The van der Waals surface area contributed by atoms with Crippen molar-refractivity contribution in [1.82, 2.24) is 19.8 Å². The van der Waals surface area contributed by atoms with E-state index in [4.69, 9.17) is 0 Å². The molecule has 4 aromatic rings. The predicted octanol–water partition coefficient (Wildman–Crippen LogP) is 4.39. The second kappa shape index (κ2) is 8.90. The Balaban J connectivity index is 1.33. The van der Waals surface area contributed by atoms with Gasteiger partial charge in [0.2, 0.25) is 5.91 Å². The lowest BCUT2D eigenvalue weighted by molar-refractivity contribution is -0.128. The number of amides is 2. The fourth-order valence-electron chi connectivity index (χ4n) is 4.48. The summed E-state index contributed by atoms with van der Waals surface area (Å²) in [6.45, 7) is 3.77. The van der Waals surface area contributed by atoms with Gasteiger partial charge in [0.1, 0.15) is 5.82 Å². The number of carbonyl (C=O) groups excluding carboxylic acids is 2. The Morgan fingerprint density at radius 3 is 2.52 bits per heavy atom. The van der Waals surface area contributed by atoms with Crippen LogP contribution < -0.4 is 5.32 Å². The SMILES string of the molecule is Cc1nc2cc(C(=O)NCc3ccccc3CN3CCCC3=O)ccc2n1-c1ccccc1. The molecule has 0 bridgehead atoms. The van der Waals surface area contributed by atoms with Gasteiger partial charge in [-0.2, -0.15) is 0 Å². The molecule has 0 spiro atoms. The molecule has 6 heteroatoms. The fraction of sp³-hybridized carbons (Fsp3) is 0.222. The van der Waals surface area contributed by atoms with E-state index in [9.17, 15) is 9.59 Å². The van der Waals surface area contributed by atoms with Crippen molar-refractivity contribution < 1.29 is 9.59 Å². The first-order chi connectivity index (χ1) is 16.1. The molecule has 0 radical (unpaired) electrons. The Labute approximate surface area is 192 Å². The van der Waals surface area contributed by atoms with E-state index in [-0.39, 0.29) is 11.8 Å². The molecule has 2 heterocycles. The van der Waals surface area contributed by atoms with E-state index in [0.29, 0.717) is 25.1 Å². The highest BCUT2D eigenvalue weighted by molar-refractivity contribution is 5.97. The molecule has 1 saturated heterocycles. The number of aromatic nitrogens is 2. The van der Waals surface area contributed by atoms with E-state index < -0.39 is 0 Å². The maximum Gasteiger partial charge on any atom is 0.251 e. The topological polar surface area (TPSA) is 67.2 Å². The Kier molecular flexibility index (Phi) is 5.65. The van der Waals surface area contributed by atoms with Crippen molar-refractivity contribution in [3.05, 3.63) is 95.3 Å². The summed E-state index contributed by atoms with van der Waals surface area (Å²) < 4.78 is 2.09. The van der Waals surface area contributed by atoms with E-state index in [1.165, 1.54) is 0 Å². The van der Waals surface area contributed by atoms with Gasteiger partial charge in [-0.3, -0.25) is 14.2 Å². The average molecular weight is 439 g/mol. The number of aryl methyl sites for hydroxylation is 1. The van der Waals surface area contributed by atoms with Gasteiger partial charge in [0.15, 0.2) is 0 Å². The standard InChI is InChI=1S/C27H26N4O2/c1-19-29-24-16-20(13-14-25(24)31(19)23-10-3-2-4-11-23)27(33)28-17-21-8-5-6-9-22(21)18-30-15-7-12-26(30)32/h2-6,8-11,13-14,16H,7,12,15,17-18H2,1H3,(H,28,33). The van der Waals surface area contributed by atoms with Gasteiger partial charge in [-0.1, -0.05) is 42.5 Å². The molecular weight excluding hydrogens is 412 g/mol. The second-order valence-electron chi connectivity index (χ2n) is 8.40. The third-order valence-corrected chi connectivity index (χ3v) is 6.19. The minimum Gasteiger partial charge on any atom is -0.348 e. The van der Waals surface area contributed by atoms with Gasteiger partial charge in [0.25, 0.3) is 5.91 Å². The van der Waals surface area contributed by atoms with Gasteiger partial charge in [-0.15, -0.1) is 0 Å². The molecular formula is C27H26N4O2. The molecule has 1 aliphatic heterocycles. The lowest BCUT2D eigenvalue weighted by Crippen LogP contribution is -2.26. The summed E-state index contributed by atoms with van der Waals surface area (Å²) in [4.78, 5) is 31.5. The van der Waals surface area contributed by atoms with Gasteiger partial charge in [0, 0.05) is 37.3 Å². The maximum absolute atomic E-state index is 12.9. The molecule has 0 saturated carbocycles. The van der Waals surface area contributed by atoms with Crippen LogP contribution in [0.15, 0.2) is 72.8 Å². The quantitative estimate of drug-likeness (QED) is 0.486. The Bertz CT molecular complexity index is 1330. The maximum atomic E-state index is 12.9. The van der Waals surface area contributed by atoms with E-state index in [0.717, 1.165) is 46.6 Å². The van der Waals surface area contributed by atoms with E-state index in [1.54, 1.807) is 0 Å². The van der Waals surface area contributed by atoms with E-state index >= 15 is 0 Å². The minimum atomic E-state index is -0.143. The number of para-hydroxylation sites is 1. The first kappa shape index (κ1) is 20.9. The summed E-state index contributed by atoms with van der Waals surface area (Å²) >= 11 is 0. The molecule has 2 amide bonds. The highest BCUT2D eigenvalue weighted by Crippen LogP contribution is 2.23. The molecule has 3 aromatic carbocycles. The summed E-state index contributed by atoms with van der Waals surface area (Å²) in [7, 11) is 0. The number of likely N-dealkylation sites (tertiary alicyclic amines) is 1. The van der Waals surface area contributed by atoms with Crippen molar-refractivity contribution in [2.45, 2.75) is 32.9 Å². The Morgan fingerprint density at radius 1 is 1.00 bits per heavy atom. The van der Waals surface area contributed by atoms with Crippen LogP contribution in [0.25, 0.3) is 16.7 Å². The second-order valence-corrected chi connectivity index (χ2v) is 8.40. The van der Waals surface area contributed by atoms with Gasteiger partial charge in [0.05, 0.1) is 11.0 Å². The number of rotatable bonds is 6. The molecule has 1 aromatic heterocycles. The van der Waals surface area contributed by atoms with E-state index in [1.807, 2.05) is 84.6 Å². The average Bonchev–Trinajstić information content (AvgIpc) is 3.39. The van der Waals surface area contributed by atoms with Crippen molar-refractivity contribution in [3.8, 4) is 5.69 Å². The number of nitrogens with zero attached hydrogens (tertiary/aromatic N) is 3. The number of benzene rings is 3. The molecule has 1 fully saturated rings. The van der Waals surface area contributed by atoms with Crippen LogP contribution in [-0.2, 0) is 17.9 Å². The molecule has 166 valence electrons. The van der Waals surface area contributed by atoms with Crippen molar-refractivity contribution in [2.24, 2.45) is 0 Å². The molecule has 0 unspecified atom stereocenters. The zero-order valence-corrected chi connectivity index (χ0v) is 18.6. The summed E-state index contributed by atoms with van der Waals surface area (Å²) in [5.41, 5.74) is 5.47. The number of carbonyl (C=O) groups is 2. The van der Waals surface area contributed by atoms with Crippen LogP contribution in [0.5, 0.6) is 0 Å². The van der Waals surface area contributed by atoms with Crippen molar-refractivity contribution in [1.29, 1.82) is 0 Å². The number of hydrogen-bond acceptors (Lipinski definition) is 3. The van der Waals surface area contributed by atoms with Gasteiger partial charge < -0.3 is 10.2 Å². The largest absolute Gasteiger partial charge is 0.348 e. The van der Waals surface area contributed by atoms with Gasteiger partial charge in [-0.25, -0.2) is 4.98 Å². The number of fused-ring (bicyclic) bond motifs is 1. The number of nitrogens with one attached hydrogen (secondary N) is 1. The zero-order valence-electron chi connectivity index (χ0n) is 18.6. The highest BCUT2D eigenvalue weighted by atomic mass is 16.2. The zero-order chi connectivity index (χ0) is 22.8. The Morgan fingerprint density at radius 2 is 1.76 bits per heavy atom. The van der Waals surface area contributed by atoms with Gasteiger partial charge in [-0.05, 0) is 54.8 Å². The number of hydrogen-bond donors (Lipinski definition) is 1. The molecule has 1 N–H and O–H groups in total. The van der Waals surface area contributed by atoms with Crippen molar-refractivity contribution in [2.75, 3.05) is 6.54 Å². The summed E-state index contributed by atoms with van der Waals surface area (Å²) in [6, 6.07) is 23.7. The summed E-state index contributed by atoms with van der Waals surface area (Å²) in [5.74, 6) is 0.933. The third-order valence-electron chi connectivity index (χ3n) is 6.19. The highest BCUT2D eigenvalue weighted by Gasteiger charge is 2.21. The molecule has 5 rings (SSSR count). The summed E-state index contributed by atoms with van der Waals surface area (Å²) in [5, 5.41) is 3.03. The predicted molar refractivity (Wildman–Crippen MR) is 128 cm³/mol. The smallest absolute Gasteiger partial charge is 0.251 e. The monoisotopic (exact) mass is 438 g/mol. The van der Waals surface area contributed by atoms with Crippen molar-refractivity contribution in [3.63, 3.8) is 0 Å². The molecule has 1 aliphatic rings. The van der Waals surface area contributed by atoms with Crippen molar-refractivity contribution >= 4 is 22.8 Å². The van der Waals surface area contributed by atoms with Crippen LogP contribution >= 0.6 is 0 Å². The third kappa shape index (κ3) is 4.24. The first-order valence-electron chi connectivity index (χ1n) is 11.3.